The van der Waals surface area contributed by atoms with Gasteiger partial charge in [-0.1, -0.05) is 0 Å². The van der Waals surface area contributed by atoms with Gasteiger partial charge in [0.05, 0.1) is 12.4 Å². The number of rotatable bonds is 14. The van der Waals surface area contributed by atoms with Gasteiger partial charge in [0, 0.05) is 0 Å². The molecule has 0 spiro atoms. The molecule has 0 amide bonds. The molecule has 1 heterocycles. The summed E-state index contributed by atoms with van der Waals surface area (Å²) in [6, 6.07) is 0. The van der Waals surface area contributed by atoms with Crippen LogP contribution in [0.4, 0.5) is 149 Å². The molecule has 0 bridgehead atoms. The van der Waals surface area contributed by atoms with Crippen molar-refractivity contribution in [1.29, 1.82) is 0 Å². The Labute approximate surface area is 279 Å². The molecule has 0 saturated carbocycles. The zero-order valence-corrected chi connectivity index (χ0v) is 23.9. The van der Waals surface area contributed by atoms with Crippen molar-refractivity contribution in [2.24, 2.45) is 0 Å². The lowest BCUT2D eigenvalue weighted by atomic mass is 9.87. The summed E-state index contributed by atoms with van der Waals surface area (Å²) in [7, 11) is 0. The van der Waals surface area contributed by atoms with Gasteiger partial charge in [0.2, 0.25) is 0 Å². The first kappa shape index (κ1) is 50.7. The Morgan fingerprint density at radius 3 is 0.571 bits per heavy atom. The van der Waals surface area contributed by atoms with Crippen LogP contribution < -0.4 is 0 Å². The highest BCUT2D eigenvalue weighted by Crippen LogP contribution is 2.67. The highest BCUT2D eigenvalue weighted by Gasteiger charge is 2.97. The van der Waals surface area contributed by atoms with Crippen molar-refractivity contribution in [2.75, 3.05) is 0 Å². The molecule has 330 valence electrons. The van der Waals surface area contributed by atoms with Crippen molar-refractivity contribution in [3.8, 4) is 0 Å². The average Bonchev–Trinajstić information content (AvgIpc) is 2.98. The number of hydrogen-bond donors (Lipinski definition) is 0. The molecule has 0 aromatic carbocycles. The zero-order chi connectivity index (χ0) is 46.0. The minimum atomic E-state index is -9.39. The second kappa shape index (κ2) is 12.6. The lowest BCUT2D eigenvalue weighted by Crippen LogP contribution is -2.74. The molecule has 0 aliphatic carbocycles. The molecule has 0 fully saturated rings. The van der Waals surface area contributed by atoms with Crippen LogP contribution in [0.3, 0.4) is 0 Å². The van der Waals surface area contributed by atoms with Crippen LogP contribution >= 0.6 is 0 Å². The zero-order valence-electron chi connectivity index (χ0n) is 23.9. The molecular weight excluding hydrogens is 914 g/mol. The highest BCUT2D eigenvalue weighted by atomic mass is 19.4. The molecule has 0 unspecified atom stereocenters. The molecule has 36 heteroatoms. The van der Waals surface area contributed by atoms with Crippen molar-refractivity contribution in [3.05, 3.63) is 23.8 Å². The second-order valence-corrected chi connectivity index (χ2v) is 10.3. The van der Waals surface area contributed by atoms with Gasteiger partial charge < -0.3 is 0 Å². The van der Waals surface area contributed by atoms with E-state index in [-0.39, 0.29) is 0 Å². The standard InChI is InChI=1S/C20H2F34N2/c21-5(22,7(25,26)9(29,30)11(33,34)13(37,38)15(41,42)17(45,46)19(49,50)51)3-1-55-2-4(56-3)6(23,24)8(27,28)10(31,32)12(35,36)14(39,40)16(43,44)18(47,48)20(52,53)54/h1-2H. The summed E-state index contributed by atoms with van der Waals surface area (Å²) in [6.45, 7) is 0. The number of halogens is 34. The monoisotopic (exact) mass is 916 g/mol. The van der Waals surface area contributed by atoms with E-state index in [2.05, 4.69) is 0 Å². The molecule has 1 aromatic rings. The van der Waals surface area contributed by atoms with Crippen molar-refractivity contribution in [3.63, 3.8) is 0 Å². The molecule has 0 N–H and O–H groups in total. The lowest BCUT2D eigenvalue weighted by Gasteiger charge is -2.43. The molecule has 56 heavy (non-hydrogen) atoms. The Hall–Kier alpha value is -3.30. The third kappa shape index (κ3) is 5.98. The number of hydrogen-bond acceptors (Lipinski definition) is 2. The summed E-state index contributed by atoms with van der Waals surface area (Å²) in [5, 5.41) is 0. The van der Waals surface area contributed by atoms with Gasteiger partial charge in [0.1, 0.15) is 11.4 Å². The summed E-state index contributed by atoms with van der Waals surface area (Å²) in [4.78, 5) is 2.51. The number of aromatic nitrogens is 2. The van der Waals surface area contributed by atoms with Crippen LogP contribution in [0.5, 0.6) is 0 Å². The molecular formula is C20H2F34N2. The third-order valence-corrected chi connectivity index (χ3v) is 6.72. The van der Waals surface area contributed by atoms with Gasteiger partial charge >= 0.3 is 95.3 Å². The molecule has 0 atom stereocenters. The summed E-state index contributed by atoms with van der Waals surface area (Å²) in [6.07, 6.45) is -19.8. The Balaban J connectivity index is 4.01. The number of nitrogens with zero attached hydrogens (tertiary/aromatic N) is 2. The van der Waals surface area contributed by atoms with Gasteiger partial charge in [0.15, 0.2) is 0 Å². The predicted octanol–water partition coefficient (Wildman–Crippen LogP) is 11.4. The molecule has 0 saturated heterocycles. The Kier molecular flexibility index (Phi) is 11.4. The van der Waals surface area contributed by atoms with Crippen LogP contribution in [0.25, 0.3) is 0 Å². The van der Waals surface area contributed by atoms with Crippen molar-refractivity contribution in [1.82, 2.24) is 9.97 Å². The van der Waals surface area contributed by atoms with Crippen LogP contribution in [0.15, 0.2) is 12.4 Å². The highest BCUT2D eigenvalue weighted by molar-refractivity contribution is 5.24. The molecule has 1 aromatic heterocycles. The first-order chi connectivity index (χ1) is 23.7. The minimum Gasteiger partial charge on any atom is -0.260 e. The van der Waals surface area contributed by atoms with E-state index in [0.29, 0.717) is 0 Å². The van der Waals surface area contributed by atoms with Crippen LogP contribution in [-0.2, 0) is 11.8 Å². The average molecular weight is 916 g/mol. The van der Waals surface area contributed by atoms with Crippen LogP contribution in [0.1, 0.15) is 11.4 Å². The van der Waals surface area contributed by atoms with E-state index in [1.807, 2.05) is 0 Å². The van der Waals surface area contributed by atoms with Crippen LogP contribution in [0, 0.1) is 0 Å². The summed E-state index contributed by atoms with van der Waals surface area (Å²) in [5.74, 6) is -126. The fourth-order valence-corrected chi connectivity index (χ4v) is 3.32. The Morgan fingerprint density at radius 2 is 0.393 bits per heavy atom. The normalized spacial score (nSPS) is 16.8. The maximum atomic E-state index is 14.4. The smallest absolute Gasteiger partial charge is 0.260 e. The summed E-state index contributed by atoms with van der Waals surface area (Å²) in [5.41, 5.74) is -8.61. The van der Waals surface area contributed by atoms with Gasteiger partial charge in [-0.15, -0.1) is 0 Å². The van der Waals surface area contributed by atoms with Gasteiger partial charge in [-0.2, -0.15) is 149 Å². The molecule has 2 nitrogen and oxygen atoms in total. The molecule has 0 radical (unpaired) electrons. The van der Waals surface area contributed by atoms with Crippen LogP contribution in [-0.4, -0.2) is 93.4 Å². The third-order valence-electron chi connectivity index (χ3n) is 6.72. The first-order valence-electron chi connectivity index (χ1n) is 12.0. The topological polar surface area (TPSA) is 25.8 Å². The fraction of sp³-hybridized carbons (Fsp3) is 0.800. The van der Waals surface area contributed by atoms with E-state index in [0.717, 1.165) is 4.98 Å². The Morgan fingerprint density at radius 1 is 0.232 bits per heavy atom. The van der Waals surface area contributed by atoms with Gasteiger partial charge in [-0.25, -0.2) is 4.98 Å². The largest absolute Gasteiger partial charge is 0.460 e. The number of alkyl halides is 34. The quantitative estimate of drug-likeness (QED) is 0.174. The molecule has 1 rings (SSSR count). The summed E-state index contributed by atoms with van der Waals surface area (Å²) >= 11 is 0. The SMILES string of the molecule is FC(F)(F)C(F)(F)C(F)(F)C(F)(F)C(F)(F)C(F)(F)C(F)(F)C(F)(F)c1cncc(C(F)(F)C(F)(F)C(F)(F)C(F)(F)C(F)(F)C(F)(F)C(F)(F)C(F)(F)F)n1. The van der Waals surface area contributed by atoms with Crippen molar-refractivity contribution in [2.45, 2.75) is 95.3 Å². The summed E-state index contributed by atoms with van der Waals surface area (Å²) < 4.78 is 457. The van der Waals surface area contributed by atoms with E-state index in [1.165, 1.54) is 0 Å². The van der Waals surface area contributed by atoms with Gasteiger partial charge in [0.25, 0.3) is 0 Å². The molecule has 0 aliphatic heterocycles. The fourth-order valence-electron chi connectivity index (χ4n) is 3.32. The van der Waals surface area contributed by atoms with Crippen LogP contribution in [0.2, 0.25) is 0 Å². The maximum Gasteiger partial charge on any atom is 0.460 e. The van der Waals surface area contributed by atoms with Crippen molar-refractivity contribution >= 4 is 0 Å². The van der Waals surface area contributed by atoms with E-state index in [9.17, 15) is 149 Å². The lowest BCUT2D eigenvalue weighted by molar-refractivity contribution is -0.463. The van der Waals surface area contributed by atoms with Gasteiger partial charge in [-0.05, 0) is 0 Å². The van der Waals surface area contributed by atoms with E-state index >= 15 is 0 Å². The maximum absolute atomic E-state index is 14.4. The van der Waals surface area contributed by atoms with E-state index < -0.39 is 119 Å². The van der Waals surface area contributed by atoms with Crippen molar-refractivity contribution < 1.29 is 149 Å². The van der Waals surface area contributed by atoms with E-state index in [4.69, 9.17) is 0 Å². The second-order valence-electron chi connectivity index (χ2n) is 10.3. The minimum absolute atomic E-state index is 0.917. The van der Waals surface area contributed by atoms with E-state index in [1.54, 1.807) is 4.98 Å². The Bertz CT molecular complexity index is 1480. The predicted molar refractivity (Wildman–Crippen MR) is 101 cm³/mol. The first-order valence-corrected chi connectivity index (χ1v) is 12.0. The molecule has 0 aliphatic rings. The van der Waals surface area contributed by atoms with Gasteiger partial charge in [-0.3, -0.25) is 4.98 Å².